The summed E-state index contributed by atoms with van der Waals surface area (Å²) < 4.78 is 25.5. The second kappa shape index (κ2) is 3.06. The van der Waals surface area contributed by atoms with E-state index in [2.05, 4.69) is 26.1 Å². The number of nitrogens with zero attached hydrogens (tertiary/aromatic N) is 1. The van der Waals surface area contributed by atoms with Crippen molar-refractivity contribution in [3.63, 3.8) is 0 Å². The molecule has 0 aliphatic carbocycles. The first kappa shape index (κ1) is 8.62. The molecule has 0 saturated carbocycles. The van der Waals surface area contributed by atoms with Crippen LogP contribution in [0.5, 0.6) is 0 Å². The van der Waals surface area contributed by atoms with Gasteiger partial charge in [0.05, 0.1) is 5.52 Å². The van der Waals surface area contributed by atoms with Crippen molar-refractivity contribution in [1.82, 2.24) is 10.2 Å². The fraction of sp³-hybridized carbons (Fsp3) is 0.125. The van der Waals surface area contributed by atoms with Crippen LogP contribution in [-0.4, -0.2) is 10.2 Å². The number of H-pyrrole nitrogens is 1. The minimum atomic E-state index is -2.51. The minimum Gasteiger partial charge on any atom is -0.276 e. The van der Waals surface area contributed by atoms with Gasteiger partial charge < -0.3 is 0 Å². The Morgan fingerprint density at radius 1 is 1.38 bits per heavy atom. The molecule has 0 aliphatic heterocycles. The molecule has 0 unspecified atom stereocenters. The maximum Gasteiger partial charge on any atom is 0.280 e. The van der Waals surface area contributed by atoms with Crippen LogP contribution in [0.15, 0.2) is 22.7 Å². The highest BCUT2D eigenvalue weighted by molar-refractivity contribution is 9.10. The van der Waals surface area contributed by atoms with Gasteiger partial charge in [-0.05, 0) is 18.2 Å². The Morgan fingerprint density at radius 2 is 2.15 bits per heavy atom. The van der Waals surface area contributed by atoms with Gasteiger partial charge in [0.25, 0.3) is 6.43 Å². The smallest absolute Gasteiger partial charge is 0.276 e. The molecule has 0 radical (unpaired) electrons. The van der Waals surface area contributed by atoms with E-state index in [9.17, 15) is 8.78 Å². The van der Waals surface area contributed by atoms with Crippen molar-refractivity contribution in [2.45, 2.75) is 6.43 Å². The average molecular weight is 247 g/mol. The van der Waals surface area contributed by atoms with Gasteiger partial charge in [-0.3, -0.25) is 5.10 Å². The Balaban J connectivity index is 2.71. The molecule has 1 aromatic heterocycles. The number of rotatable bonds is 1. The van der Waals surface area contributed by atoms with Gasteiger partial charge in [0, 0.05) is 9.86 Å². The topological polar surface area (TPSA) is 28.7 Å². The molecule has 0 spiro atoms. The van der Waals surface area contributed by atoms with Crippen molar-refractivity contribution >= 4 is 26.8 Å². The summed E-state index contributed by atoms with van der Waals surface area (Å²) in [7, 11) is 0. The molecule has 68 valence electrons. The number of hydrogen-bond donors (Lipinski definition) is 1. The Labute approximate surface area is 81.1 Å². The first-order chi connectivity index (χ1) is 6.18. The predicted octanol–water partition coefficient (Wildman–Crippen LogP) is 3.26. The molecule has 1 N–H and O–H groups in total. The molecule has 0 fully saturated rings. The lowest BCUT2D eigenvalue weighted by molar-refractivity contribution is 0.147. The minimum absolute atomic E-state index is 0.128. The zero-order valence-corrected chi connectivity index (χ0v) is 7.98. The number of halogens is 3. The van der Waals surface area contributed by atoms with Crippen LogP contribution in [-0.2, 0) is 0 Å². The Kier molecular flexibility index (Phi) is 2.03. The second-order valence-electron chi connectivity index (χ2n) is 2.60. The van der Waals surface area contributed by atoms with Gasteiger partial charge in [-0.2, -0.15) is 5.10 Å². The van der Waals surface area contributed by atoms with Crippen molar-refractivity contribution in [2.24, 2.45) is 0 Å². The molecule has 13 heavy (non-hydrogen) atoms. The molecule has 1 aromatic carbocycles. The van der Waals surface area contributed by atoms with E-state index in [0.29, 0.717) is 10.9 Å². The highest BCUT2D eigenvalue weighted by Gasteiger charge is 2.14. The van der Waals surface area contributed by atoms with Crippen LogP contribution >= 0.6 is 15.9 Å². The zero-order valence-electron chi connectivity index (χ0n) is 6.39. The van der Waals surface area contributed by atoms with Crippen molar-refractivity contribution < 1.29 is 8.78 Å². The van der Waals surface area contributed by atoms with E-state index in [1.807, 2.05) is 0 Å². The van der Waals surface area contributed by atoms with Gasteiger partial charge in [-0.1, -0.05) is 15.9 Å². The van der Waals surface area contributed by atoms with Crippen LogP contribution in [0.3, 0.4) is 0 Å². The maximum absolute atomic E-state index is 12.4. The standard InChI is InChI=1S/C8H5BrF2N2/c9-4-1-2-6-5(3-4)7(8(10)11)13-12-6/h1-3,8H,(H,12,13). The fourth-order valence-corrected chi connectivity index (χ4v) is 1.53. The number of hydrogen-bond acceptors (Lipinski definition) is 1. The largest absolute Gasteiger partial charge is 0.280 e. The Bertz CT molecular complexity index is 439. The van der Waals surface area contributed by atoms with E-state index in [1.165, 1.54) is 0 Å². The van der Waals surface area contributed by atoms with Crippen molar-refractivity contribution in [1.29, 1.82) is 0 Å². The monoisotopic (exact) mass is 246 g/mol. The molecule has 0 bridgehead atoms. The number of fused-ring (bicyclic) bond motifs is 1. The molecule has 0 aliphatic rings. The summed E-state index contributed by atoms with van der Waals surface area (Å²) >= 11 is 3.21. The van der Waals surface area contributed by atoms with Crippen molar-refractivity contribution in [2.75, 3.05) is 0 Å². The molecule has 5 heteroatoms. The first-order valence-corrected chi connectivity index (χ1v) is 4.39. The lowest BCUT2D eigenvalue weighted by atomic mass is 10.2. The number of alkyl halides is 2. The zero-order chi connectivity index (χ0) is 9.42. The summed E-state index contributed by atoms with van der Waals surface area (Å²) in [6.07, 6.45) is -2.51. The Morgan fingerprint density at radius 3 is 2.85 bits per heavy atom. The van der Waals surface area contributed by atoms with E-state index in [1.54, 1.807) is 18.2 Å². The van der Waals surface area contributed by atoms with E-state index in [-0.39, 0.29) is 5.69 Å². The van der Waals surface area contributed by atoms with Crippen LogP contribution in [0.4, 0.5) is 8.78 Å². The fourth-order valence-electron chi connectivity index (χ4n) is 1.17. The molecular formula is C8H5BrF2N2. The van der Waals surface area contributed by atoms with E-state index in [0.717, 1.165) is 4.47 Å². The van der Waals surface area contributed by atoms with Gasteiger partial charge in [0.15, 0.2) is 0 Å². The molecule has 2 nitrogen and oxygen atoms in total. The number of nitrogens with one attached hydrogen (secondary N) is 1. The van der Waals surface area contributed by atoms with Crippen LogP contribution in [0.2, 0.25) is 0 Å². The summed E-state index contributed by atoms with van der Waals surface area (Å²) in [5.74, 6) is 0. The van der Waals surface area contributed by atoms with Gasteiger partial charge >= 0.3 is 0 Å². The molecule has 1 heterocycles. The summed E-state index contributed by atoms with van der Waals surface area (Å²) in [5.41, 5.74) is 0.426. The summed E-state index contributed by atoms with van der Waals surface area (Å²) in [6.45, 7) is 0. The number of aromatic nitrogens is 2. The van der Waals surface area contributed by atoms with Crippen LogP contribution in [0, 0.1) is 0 Å². The second-order valence-corrected chi connectivity index (χ2v) is 3.52. The van der Waals surface area contributed by atoms with Crippen LogP contribution in [0.1, 0.15) is 12.1 Å². The average Bonchev–Trinajstić information content (AvgIpc) is 2.46. The molecular weight excluding hydrogens is 242 g/mol. The van der Waals surface area contributed by atoms with E-state index < -0.39 is 6.43 Å². The third-order valence-electron chi connectivity index (χ3n) is 1.76. The summed E-state index contributed by atoms with van der Waals surface area (Å²) in [4.78, 5) is 0. The van der Waals surface area contributed by atoms with Crippen LogP contribution < -0.4 is 0 Å². The quantitative estimate of drug-likeness (QED) is 0.823. The van der Waals surface area contributed by atoms with E-state index in [4.69, 9.17) is 0 Å². The van der Waals surface area contributed by atoms with Crippen molar-refractivity contribution in [3.05, 3.63) is 28.4 Å². The van der Waals surface area contributed by atoms with Gasteiger partial charge in [0.1, 0.15) is 5.69 Å². The highest BCUT2D eigenvalue weighted by atomic mass is 79.9. The third-order valence-corrected chi connectivity index (χ3v) is 2.26. The molecule has 2 rings (SSSR count). The molecule has 0 atom stereocenters. The SMILES string of the molecule is FC(F)c1[nH]nc2ccc(Br)cc12. The maximum atomic E-state index is 12.4. The summed E-state index contributed by atoms with van der Waals surface area (Å²) in [5, 5.41) is 6.54. The van der Waals surface area contributed by atoms with Crippen molar-refractivity contribution in [3.8, 4) is 0 Å². The lowest BCUT2D eigenvalue weighted by Gasteiger charge is -1.95. The Hall–Kier alpha value is -0.970. The first-order valence-electron chi connectivity index (χ1n) is 3.60. The normalized spacial score (nSPS) is 11.4. The molecule has 2 aromatic rings. The van der Waals surface area contributed by atoms with E-state index >= 15 is 0 Å². The number of benzene rings is 1. The highest BCUT2D eigenvalue weighted by Crippen LogP contribution is 2.27. The predicted molar refractivity (Wildman–Crippen MR) is 48.8 cm³/mol. The van der Waals surface area contributed by atoms with Crippen LogP contribution in [0.25, 0.3) is 10.9 Å². The summed E-state index contributed by atoms with van der Waals surface area (Å²) in [6, 6.07) is 5.07. The van der Waals surface area contributed by atoms with Gasteiger partial charge in [-0.25, -0.2) is 8.78 Å². The molecule has 0 saturated heterocycles. The molecule has 0 amide bonds. The van der Waals surface area contributed by atoms with Gasteiger partial charge in [0.2, 0.25) is 0 Å². The number of aromatic amines is 1. The van der Waals surface area contributed by atoms with Gasteiger partial charge in [-0.15, -0.1) is 0 Å². The lowest BCUT2D eigenvalue weighted by Crippen LogP contribution is -1.83. The third kappa shape index (κ3) is 1.44.